The summed E-state index contributed by atoms with van der Waals surface area (Å²) in [5, 5.41) is 1.25. The monoisotopic (exact) mass is 374 g/mol. The molecule has 1 atom stereocenters. The van der Waals surface area contributed by atoms with Crippen LogP contribution in [0.2, 0.25) is 0 Å². The maximum Gasteiger partial charge on any atom is 0.251 e. The molecule has 4 rings (SSSR count). The van der Waals surface area contributed by atoms with Crippen molar-refractivity contribution >= 4 is 11.3 Å². The molecule has 1 aliphatic carbocycles. The lowest BCUT2D eigenvalue weighted by atomic mass is 9.94. The van der Waals surface area contributed by atoms with Gasteiger partial charge < -0.3 is 9.72 Å². The predicted molar refractivity (Wildman–Crippen MR) is 102 cm³/mol. The van der Waals surface area contributed by atoms with Gasteiger partial charge in [0.2, 0.25) is 0 Å². The summed E-state index contributed by atoms with van der Waals surface area (Å²) in [5.41, 5.74) is 2.14. The van der Waals surface area contributed by atoms with Crippen molar-refractivity contribution in [3.05, 3.63) is 43.5 Å². The number of hydrogen-bond donors (Lipinski definition) is 1. The maximum atomic E-state index is 11.9. The third-order valence-corrected chi connectivity index (χ3v) is 6.41. The molecule has 0 amide bonds. The summed E-state index contributed by atoms with van der Waals surface area (Å²) in [6.45, 7) is 3.29. The van der Waals surface area contributed by atoms with Crippen LogP contribution in [-0.2, 0) is 30.7 Å². The Bertz CT molecular complexity index is 793. The number of fused-ring (bicyclic) bond motifs is 1. The zero-order valence-corrected chi connectivity index (χ0v) is 16.1. The Morgan fingerprint density at radius 3 is 3.04 bits per heavy atom. The van der Waals surface area contributed by atoms with E-state index in [1.165, 1.54) is 34.8 Å². The van der Waals surface area contributed by atoms with Gasteiger partial charge in [0.15, 0.2) is 0 Å². The highest BCUT2D eigenvalue weighted by atomic mass is 32.1. The minimum Gasteiger partial charge on any atom is -0.377 e. The number of aromatic nitrogens is 3. The molecule has 2 aromatic rings. The van der Waals surface area contributed by atoms with Gasteiger partial charge >= 0.3 is 0 Å². The SMILES string of the molecule is COCc1nc(C2CCCN(Cc3nc4c(s3)CCCC4)C2)cc(=O)[nH]1. The first-order valence-corrected chi connectivity index (χ1v) is 10.3. The highest BCUT2D eigenvalue weighted by molar-refractivity contribution is 7.11. The first-order chi connectivity index (χ1) is 12.7. The van der Waals surface area contributed by atoms with Crippen LogP contribution in [0.3, 0.4) is 0 Å². The molecule has 1 unspecified atom stereocenters. The van der Waals surface area contributed by atoms with Crippen molar-refractivity contribution in [3.8, 4) is 0 Å². The van der Waals surface area contributed by atoms with Gasteiger partial charge in [-0.05, 0) is 45.1 Å². The molecule has 1 saturated heterocycles. The van der Waals surface area contributed by atoms with Crippen LogP contribution >= 0.6 is 11.3 Å². The number of aromatic amines is 1. The normalized spacial score (nSPS) is 20.9. The van der Waals surface area contributed by atoms with Crippen molar-refractivity contribution in [1.82, 2.24) is 19.9 Å². The predicted octanol–water partition coefficient (Wildman–Crippen LogP) is 2.63. The fourth-order valence-corrected chi connectivity index (χ4v) is 5.25. The van der Waals surface area contributed by atoms with E-state index in [2.05, 4.69) is 14.9 Å². The van der Waals surface area contributed by atoms with Crippen molar-refractivity contribution in [1.29, 1.82) is 0 Å². The molecule has 1 N–H and O–H groups in total. The number of thiazole rings is 1. The zero-order chi connectivity index (χ0) is 17.9. The van der Waals surface area contributed by atoms with Crippen molar-refractivity contribution in [2.75, 3.05) is 20.2 Å². The maximum absolute atomic E-state index is 11.9. The Hall–Kier alpha value is -1.57. The van der Waals surface area contributed by atoms with Gasteiger partial charge in [-0.15, -0.1) is 11.3 Å². The molecule has 140 valence electrons. The Labute approximate surface area is 157 Å². The van der Waals surface area contributed by atoms with Crippen LogP contribution in [0.25, 0.3) is 0 Å². The van der Waals surface area contributed by atoms with Gasteiger partial charge in [-0.2, -0.15) is 0 Å². The van der Waals surface area contributed by atoms with E-state index in [1.807, 2.05) is 11.3 Å². The van der Waals surface area contributed by atoms with E-state index < -0.39 is 0 Å². The molecule has 1 aliphatic heterocycles. The van der Waals surface area contributed by atoms with Crippen LogP contribution in [0.5, 0.6) is 0 Å². The number of hydrogen-bond acceptors (Lipinski definition) is 6. The molecule has 2 aromatic heterocycles. The Morgan fingerprint density at radius 2 is 2.19 bits per heavy atom. The third-order valence-electron chi connectivity index (χ3n) is 5.26. The molecule has 6 nitrogen and oxygen atoms in total. The second-order valence-electron chi connectivity index (χ2n) is 7.31. The van der Waals surface area contributed by atoms with Gasteiger partial charge in [0, 0.05) is 30.5 Å². The van der Waals surface area contributed by atoms with Gasteiger partial charge in [-0.3, -0.25) is 9.69 Å². The first-order valence-electron chi connectivity index (χ1n) is 9.50. The second-order valence-corrected chi connectivity index (χ2v) is 8.48. The molecule has 0 saturated carbocycles. The Morgan fingerprint density at radius 1 is 1.31 bits per heavy atom. The Balaban J connectivity index is 1.46. The number of piperidine rings is 1. The molecule has 7 heteroatoms. The van der Waals surface area contributed by atoms with Crippen LogP contribution < -0.4 is 5.56 Å². The molecule has 26 heavy (non-hydrogen) atoms. The van der Waals surface area contributed by atoms with E-state index in [0.717, 1.165) is 44.6 Å². The summed E-state index contributed by atoms with van der Waals surface area (Å²) in [6.07, 6.45) is 7.14. The van der Waals surface area contributed by atoms with E-state index in [9.17, 15) is 4.79 Å². The lowest BCUT2D eigenvalue weighted by molar-refractivity contribution is 0.175. The summed E-state index contributed by atoms with van der Waals surface area (Å²) >= 11 is 1.90. The molecule has 0 bridgehead atoms. The van der Waals surface area contributed by atoms with Crippen molar-refractivity contribution in [3.63, 3.8) is 0 Å². The standard InChI is InChI=1S/C19H26N4O2S/c1-25-12-17-20-15(9-18(24)22-17)13-5-4-8-23(10-13)11-19-21-14-6-2-3-7-16(14)26-19/h9,13H,2-8,10-12H2,1H3,(H,20,22,24). The molecule has 0 radical (unpaired) electrons. The summed E-state index contributed by atoms with van der Waals surface area (Å²) in [6, 6.07) is 1.65. The smallest absolute Gasteiger partial charge is 0.251 e. The lowest BCUT2D eigenvalue weighted by Gasteiger charge is -2.31. The highest BCUT2D eigenvalue weighted by Crippen LogP contribution is 2.30. The quantitative estimate of drug-likeness (QED) is 0.871. The number of likely N-dealkylation sites (tertiary alicyclic amines) is 1. The number of aryl methyl sites for hydroxylation is 2. The lowest BCUT2D eigenvalue weighted by Crippen LogP contribution is -2.34. The minimum absolute atomic E-state index is 0.0910. The van der Waals surface area contributed by atoms with Gasteiger partial charge in [0.1, 0.15) is 17.4 Å². The summed E-state index contributed by atoms with van der Waals surface area (Å²) in [4.78, 5) is 28.2. The zero-order valence-electron chi connectivity index (χ0n) is 15.3. The average molecular weight is 375 g/mol. The fraction of sp³-hybridized carbons (Fsp3) is 0.632. The molecule has 2 aliphatic rings. The topological polar surface area (TPSA) is 71.1 Å². The second kappa shape index (κ2) is 7.98. The van der Waals surface area contributed by atoms with Crippen molar-refractivity contribution < 1.29 is 4.74 Å². The number of ether oxygens (including phenoxy) is 1. The molecule has 0 spiro atoms. The molecule has 1 fully saturated rings. The first kappa shape index (κ1) is 17.8. The summed E-state index contributed by atoms with van der Waals surface area (Å²) in [7, 11) is 1.61. The van der Waals surface area contributed by atoms with Gasteiger partial charge in [0.25, 0.3) is 5.56 Å². The number of rotatable bonds is 5. The van der Waals surface area contributed by atoms with Crippen LogP contribution in [0, 0.1) is 0 Å². The molecular formula is C19H26N4O2S. The van der Waals surface area contributed by atoms with E-state index in [0.29, 0.717) is 18.3 Å². The van der Waals surface area contributed by atoms with E-state index in [-0.39, 0.29) is 5.56 Å². The molecule has 0 aromatic carbocycles. The van der Waals surface area contributed by atoms with Crippen LogP contribution in [0.4, 0.5) is 0 Å². The van der Waals surface area contributed by atoms with Gasteiger partial charge in [-0.25, -0.2) is 9.97 Å². The van der Waals surface area contributed by atoms with E-state index in [4.69, 9.17) is 9.72 Å². The highest BCUT2D eigenvalue weighted by Gasteiger charge is 2.25. The van der Waals surface area contributed by atoms with E-state index in [1.54, 1.807) is 13.2 Å². The summed E-state index contributed by atoms with van der Waals surface area (Å²) < 4.78 is 5.12. The largest absolute Gasteiger partial charge is 0.377 e. The molecular weight excluding hydrogens is 348 g/mol. The summed E-state index contributed by atoms with van der Waals surface area (Å²) in [5.74, 6) is 0.913. The number of methoxy groups -OCH3 is 1. The van der Waals surface area contributed by atoms with Crippen LogP contribution in [0.15, 0.2) is 10.9 Å². The van der Waals surface area contributed by atoms with Gasteiger partial charge in [0.05, 0.1) is 17.9 Å². The van der Waals surface area contributed by atoms with E-state index >= 15 is 0 Å². The van der Waals surface area contributed by atoms with Crippen LogP contribution in [-0.4, -0.2) is 40.1 Å². The minimum atomic E-state index is -0.0910. The number of nitrogens with zero attached hydrogens (tertiary/aromatic N) is 3. The van der Waals surface area contributed by atoms with Gasteiger partial charge in [-0.1, -0.05) is 0 Å². The number of nitrogens with one attached hydrogen (secondary N) is 1. The fourth-order valence-electron chi connectivity index (χ4n) is 4.05. The van der Waals surface area contributed by atoms with Crippen molar-refractivity contribution in [2.24, 2.45) is 0 Å². The third kappa shape index (κ3) is 4.05. The average Bonchev–Trinajstić information content (AvgIpc) is 3.04. The van der Waals surface area contributed by atoms with Crippen molar-refractivity contribution in [2.45, 2.75) is 57.6 Å². The number of H-pyrrole nitrogens is 1. The molecule has 3 heterocycles. The van der Waals surface area contributed by atoms with Crippen LogP contribution in [0.1, 0.15) is 58.7 Å². The Kier molecular flexibility index (Phi) is 5.47.